The minimum absolute atomic E-state index is 0.305. The Hall–Kier alpha value is -2.07. The molecule has 1 aromatic carbocycles. The Morgan fingerprint density at radius 3 is 2.44 bits per heavy atom. The Morgan fingerprint density at radius 2 is 1.78 bits per heavy atom. The summed E-state index contributed by atoms with van der Waals surface area (Å²) in [7, 11) is 1.43. The first-order valence-corrected chi connectivity index (χ1v) is 5.57. The van der Waals surface area contributed by atoms with Gasteiger partial charge in [-0.05, 0) is 12.1 Å². The van der Waals surface area contributed by atoms with Crippen LogP contribution in [0.3, 0.4) is 0 Å². The smallest absolute Gasteiger partial charge is 0.229 e. The number of para-hydroxylation sites is 1. The fourth-order valence-corrected chi connectivity index (χ4v) is 1.70. The van der Waals surface area contributed by atoms with Crippen molar-refractivity contribution in [2.45, 2.75) is 0 Å². The van der Waals surface area contributed by atoms with Gasteiger partial charge in [-0.1, -0.05) is 23.7 Å². The Bertz CT molecular complexity index is 575. The number of benzene rings is 1. The summed E-state index contributed by atoms with van der Waals surface area (Å²) in [6.45, 7) is 0. The molecule has 5 heteroatoms. The minimum Gasteiger partial charge on any atom is -0.494 e. The number of anilines is 1. The number of carbonyl (C=O) groups excluding carboxylic acids is 2. The van der Waals surface area contributed by atoms with Gasteiger partial charge in [0, 0.05) is 12.2 Å². The van der Waals surface area contributed by atoms with Crippen LogP contribution in [0.15, 0.2) is 47.9 Å². The monoisotopic (exact) mass is 263 g/mol. The van der Waals surface area contributed by atoms with Gasteiger partial charge < -0.3 is 10.1 Å². The zero-order chi connectivity index (χ0) is 13.1. The largest absolute Gasteiger partial charge is 0.494 e. The van der Waals surface area contributed by atoms with Crippen LogP contribution in [0.1, 0.15) is 0 Å². The van der Waals surface area contributed by atoms with Crippen molar-refractivity contribution in [1.82, 2.24) is 0 Å². The number of ether oxygens (including phenoxy) is 1. The maximum Gasteiger partial charge on any atom is 0.229 e. The van der Waals surface area contributed by atoms with E-state index in [0.29, 0.717) is 22.2 Å². The van der Waals surface area contributed by atoms with Gasteiger partial charge in [0.1, 0.15) is 5.76 Å². The van der Waals surface area contributed by atoms with E-state index in [1.54, 1.807) is 24.3 Å². The van der Waals surface area contributed by atoms with Gasteiger partial charge >= 0.3 is 0 Å². The summed E-state index contributed by atoms with van der Waals surface area (Å²) in [5.41, 5.74) is 1.05. The predicted octanol–water partition coefficient (Wildman–Crippen LogP) is 2.32. The second kappa shape index (κ2) is 5.06. The van der Waals surface area contributed by atoms with Crippen molar-refractivity contribution in [3.8, 4) is 0 Å². The second-order valence-corrected chi connectivity index (χ2v) is 4.01. The molecule has 18 heavy (non-hydrogen) atoms. The third-order valence-electron chi connectivity index (χ3n) is 2.41. The van der Waals surface area contributed by atoms with Gasteiger partial charge in [-0.3, -0.25) is 9.59 Å². The van der Waals surface area contributed by atoms with Crippen LogP contribution >= 0.6 is 11.6 Å². The highest BCUT2D eigenvalue weighted by atomic mass is 35.5. The van der Waals surface area contributed by atoms with Crippen molar-refractivity contribution < 1.29 is 14.3 Å². The summed E-state index contributed by atoms with van der Waals surface area (Å²) >= 11 is 6.00. The topological polar surface area (TPSA) is 55.4 Å². The van der Waals surface area contributed by atoms with Crippen molar-refractivity contribution in [3.05, 3.63) is 52.9 Å². The summed E-state index contributed by atoms with van der Waals surface area (Å²) < 4.78 is 5.05. The van der Waals surface area contributed by atoms with Crippen LogP contribution in [-0.4, -0.2) is 18.7 Å². The van der Waals surface area contributed by atoms with Gasteiger partial charge in [0.25, 0.3) is 0 Å². The number of allylic oxidation sites excluding steroid dienone is 2. The van der Waals surface area contributed by atoms with E-state index in [9.17, 15) is 9.59 Å². The third-order valence-corrected chi connectivity index (χ3v) is 2.74. The third kappa shape index (κ3) is 2.43. The van der Waals surface area contributed by atoms with Crippen LogP contribution in [0.25, 0.3) is 0 Å². The molecule has 1 aliphatic rings. The van der Waals surface area contributed by atoms with Gasteiger partial charge in [-0.15, -0.1) is 0 Å². The minimum atomic E-state index is -0.600. The lowest BCUT2D eigenvalue weighted by molar-refractivity contribution is -0.131. The average Bonchev–Trinajstić information content (AvgIpc) is 2.36. The molecule has 1 aliphatic carbocycles. The number of methoxy groups -OCH3 is 1. The number of nitrogens with one attached hydrogen (secondary N) is 1. The molecule has 0 saturated carbocycles. The molecule has 0 amide bonds. The fourth-order valence-electron chi connectivity index (χ4n) is 1.52. The number of hydrogen-bond acceptors (Lipinski definition) is 4. The van der Waals surface area contributed by atoms with Crippen LogP contribution in [0.5, 0.6) is 0 Å². The average molecular weight is 264 g/mol. The van der Waals surface area contributed by atoms with Gasteiger partial charge in [-0.2, -0.15) is 0 Å². The van der Waals surface area contributed by atoms with Crippen molar-refractivity contribution in [2.24, 2.45) is 0 Å². The van der Waals surface area contributed by atoms with Crippen LogP contribution in [-0.2, 0) is 14.3 Å². The van der Waals surface area contributed by atoms with Gasteiger partial charge in [0.05, 0.1) is 23.5 Å². The van der Waals surface area contributed by atoms with E-state index in [2.05, 4.69) is 5.32 Å². The number of hydrogen-bond donors (Lipinski definition) is 1. The molecule has 0 aliphatic heterocycles. The van der Waals surface area contributed by atoms with Crippen LogP contribution in [0.4, 0.5) is 5.69 Å². The molecule has 4 nitrogen and oxygen atoms in total. The number of halogens is 1. The normalized spacial score (nSPS) is 15.0. The van der Waals surface area contributed by atoms with Crippen molar-refractivity contribution in [1.29, 1.82) is 0 Å². The standard InChI is InChI=1S/C13H10ClNO3/c1-18-13-7-12(17)11(16)6-10(13)15-9-5-3-2-4-8(9)14/h2-7,15H,1H3. The molecular formula is C13H10ClNO3. The SMILES string of the molecule is COC1=CC(=O)C(=O)C=C1Nc1ccccc1Cl. The summed E-state index contributed by atoms with van der Waals surface area (Å²) in [6.07, 6.45) is 2.35. The highest BCUT2D eigenvalue weighted by Gasteiger charge is 2.21. The molecule has 0 bridgehead atoms. The van der Waals surface area contributed by atoms with E-state index in [1.807, 2.05) is 0 Å². The molecule has 1 aromatic rings. The Balaban J connectivity index is 2.31. The molecule has 0 saturated heterocycles. The first-order valence-electron chi connectivity index (χ1n) is 5.19. The lowest BCUT2D eigenvalue weighted by Crippen LogP contribution is -2.19. The predicted molar refractivity (Wildman–Crippen MR) is 68.3 cm³/mol. The fraction of sp³-hybridized carbons (Fsp3) is 0.0769. The van der Waals surface area contributed by atoms with Gasteiger partial charge in [0.15, 0.2) is 0 Å². The molecule has 0 spiro atoms. The highest BCUT2D eigenvalue weighted by Crippen LogP contribution is 2.25. The van der Waals surface area contributed by atoms with Crippen molar-refractivity contribution in [2.75, 3.05) is 12.4 Å². The lowest BCUT2D eigenvalue weighted by Gasteiger charge is -2.16. The van der Waals surface area contributed by atoms with Gasteiger partial charge in [-0.25, -0.2) is 0 Å². The molecule has 0 heterocycles. The summed E-state index contributed by atoms with van der Waals surface area (Å²) in [4.78, 5) is 22.6. The summed E-state index contributed by atoms with van der Waals surface area (Å²) in [5, 5.41) is 3.48. The van der Waals surface area contributed by atoms with Gasteiger partial charge in [0.2, 0.25) is 11.6 Å². The Kier molecular flexibility index (Phi) is 3.48. The Labute approximate surface area is 109 Å². The Morgan fingerprint density at radius 1 is 1.11 bits per heavy atom. The second-order valence-electron chi connectivity index (χ2n) is 3.60. The molecule has 0 fully saturated rings. The van der Waals surface area contributed by atoms with Crippen molar-refractivity contribution >= 4 is 28.9 Å². The molecular weight excluding hydrogens is 254 g/mol. The molecule has 0 radical (unpaired) electrons. The first-order chi connectivity index (χ1) is 8.61. The lowest BCUT2D eigenvalue weighted by atomic mass is 10.1. The van der Waals surface area contributed by atoms with Crippen LogP contribution < -0.4 is 5.32 Å². The number of rotatable bonds is 3. The van der Waals surface area contributed by atoms with Crippen molar-refractivity contribution in [3.63, 3.8) is 0 Å². The highest BCUT2D eigenvalue weighted by molar-refractivity contribution is 6.46. The number of carbonyl (C=O) groups is 2. The first kappa shape index (κ1) is 12.4. The van der Waals surface area contributed by atoms with Crippen LogP contribution in [0.2, 0.25) is 5.02 Å². The van der Waals surface area contributed by atoms with E-state index in [-0.39, 0.29) is 0 Å². The summed E-state index contributed by atoms with van der Waals surface area (Å²) in [6, 6.07) is 7.08. The molecule has 92 valence electrons. The summed E-state index contributed by atoms with van der Waals surface area (Å²) in [5.74, 6) is -0.888. The van der Waals surface area contributed by atoms with E-state index >= 15 is 0 Å². The van der Waals surface area contributed by atoms with E-state index < -0.39 is 11.6 Å². The molecule has 0 aromatic heterocycles. The zero-order valence-electron chi connectivity index (χ0n) is 9.57. The maximum absolute atomic E-state index is 11.3. The zero-order valence-corrected chi connectivity index (χ0v) is 10.3. The number of ketones is 2. The molecule has 0 unspecified atom stereocenters. The van der Waals surface area contributed by atoms with E-state index in [4.69, 9.17) is 16.3 Å². The van der Waals surface area contributed by atoms with Crippen LogP contribution in [0, 0.1) is 0 Å². The van der Waals surface area contributed by atoms with E-state index in [1.165, 1.54) is 13.2 Å². The quantitative estimate of drug-likeness (QED) is 0.672. The maximum atomic E-state index is 11.3. The molecule has 1 N–H and O–H groups in total. The molecule has 2 rings (SSSR count). The molecule has 0 atom stereocenters. The van der Waals surface area contributed by atoms with E-state index in [0.717, 1.165) is 6.08 Å².